The minimum atomic E-state index is 0.354. The first kappa shape index (κ1) is 12.7. The van der Waals surface area contributed by atoms with E-state index in [4.69, 9.17) is 5.73 Å². The largest absolute Gasteiger partial charge is 0.328 e. The predicted octanol–water partition coefficient (Wildman–Crippen LogP) is 2.53. The first-order valence-electron chi connectivity index (χ1n) is 5.80. The van der Waals surface area contributed by atoms with E-state index in [-0.39, 0.29) is 0 Å². The third kappa shape index (κ3) is 4.78. The number of thiophene rings is 1. The summed E-state index contributed by atoms with van der Waals surface area (Å²) in [5.74, 6) is 0. The number of nitrogens with one attached hydrogen (secondary N) is 1. The van der Waals surface area contributed by atoms with Gasteiger partial charge in [-0.25, -0.2) is 0 Å². The molecule has 15 heavy (non-hydrogen) atoms. The molecule has 1 heterocycles. The van der Waals surface area contributed by atoms with Crippen LogP contribution in [0.4, 0.5) is 0 Å². The van der Waals surface area contributed by atoms with Crippen molar-refractivity contribution in [1.29, 1.82) is 0 Å². The number of aryl methyl sites for hydroxylation is 1. The van der Waals surface area contributed by atoms with Crippen LogP contribution in [0.1, 0.15) is 36.4 Å². The summed E-state index contributed by atoms with van der Waals surface area (Å²) >= 11 is 1.90. The zero-order chi connectivity index (χ0) is 11.1. The molecule has 0 saturated heterocycles. The van der Waals surface area contributed by atoms with Gasteiger partial charge in [0.15, 0.2) is 0 Å². The molecule has 1 aromatic heterocycles. The molecule has 0 saturated carbocycles. The molecular formula is C12H22N2S. The maximum absolute atomic E-state index is 5.84. The minimum Gasteiger partial charge on any atom is -0.328 e. The first-order chi connectivity index (χ1) is 7.26. The van der Waals surface area contributed by atoms with Crippen molar-refractivity contribution in [3.05, 3.63) is 21.9 Å². The summed E-state index contributed by atoms with van der Waals surface area (Å²) in [7, 11) is 0. The second-order valence-corrected chi connectivity index (χ2v) is 5.11. The van der Waals surface area contributed by atoms with Gasteiger partial charge in [0.2, 0.25) is 0 Å². The van der Waals surface area contributed by atoms with Crippen LogP contribution in [-0.2, 0) is 13.0 Å². The fourth-order valence-corrected chi connectivity index (χ4v) is 2.34. The van der Waals surface area contributed by atoms with Crippen molar-refractivity contribution in [2.24, 2.45) is 5.73 Å². The number of hydrogen-bond acceptors (Lipinski definition) is 3. The van der Waals surface area contributed by atoms with E-state index >= 15 is 0 Å². The Morgan fingerprint density at radius 1 is 1.33 bits per heavy atom. The van der Waals surface area contributed by atoms with Crippen LogP contribution in [0.15, 0.2) is 12.1 Å². The van der Waals surface area contributed by atoms with Gasteiger partial charge in [0, 0.05) is 22.3 Å². The zero-order valence-corrected chi connectivity index (χ0v) is 10.6. The van der Waals surface area contributed by atoms with Gasteiger partial charge < -0.3 is 11.1 Å². The molecule has 3 heteroatoms. The SMILES string of the molecule is CCc1ccc(CNCCC(N)CC)s1. The highest BCUT2D eigenvalue weighted by Crippen LogP contribution is 2.16. The van der Waals surface area contributed by atoms with Crippen molar-refractivity contribution in [2.45, 2.75) is 45.7 Å². The van der Waals surface area contributed by atoms with Crippen molar-refractivity contribution < 1.29 is 0 Å². The summed E-state index contributed by atoms with van der Waals surface area (Å²) in [4.78, 5) is 2.90. The van der Waals surface area contributed by atoms with Gasteiger partial charge in [0.1, 0.15) is 0 Å². The third-order valence-electron chi connectivity index (χ3n) is 2.58. The highest BCUT2D eigenvalue weighted by molar-refractivity contribution is 7.11. The number of rotatable bonds is 7. The Kier molecular flexibility index (Phi) is 5.91. The van der Waals surface area contributed by atoms with E-state index in [0.29, 0.717) is 6.04 Å². The first-order valence-corrected chi connectivity index (χ1v) is 6.61. The van der Waals surface area contributed by atoms with Crippen LogP contribution in [0.5, 0.6) is 0 Å². The Morgan fingerprint density at radius 2 is 2.07 bits per heavy atom. The van der Waals surface area contributed by atoms with Crippen LogP contribution in [0, 0.1) is 0 Å². The molecule has 86 valence electrons. The van der Waals surface area contributed by atoms with Gasteiger partial charge in [-0.2, -0.15) is 0 Å². The van der Waals surface area contributed by atoms with Crippen LogP contribution in [0.2, 0.25) is 0 Å². The highest BCUT2D eigenvalue weighted by Gasteiger charge is 2.00. The fraction of sp³-hybridized carbons (Fsp3) is 0.667. The summed E-state index contributed by atoms with van der Waals surface area (Å²) < 4.78 is 0. The summed E-state index contributed by atoms with van der Waals surface area (Å²) in [6, 6.07) is 4.79. The van der Waals surface area contributed by atoms with E-state index in [0.717, 1.165) is 32.4 Å². The smallest absolute Gasteiger partial charge is 0.0299 e. The molecule has 1 aromatic rings. The van der Waals surface area contributed by atoms with Crippen LogP contribution in [0.25, 0.3) is 0 Å². The molecule has 1 atom stereocenters. The minimum absolute atomic E-state index is 0.354. The van der Waals surface area contributed by atoms with E-state index in [1.807, 2.05) is 11.3 Å². The molecule has 0 radical (unpaired) electrons. The van der Waals surface area contributed by atoms with Gasteiger partial charge in [-0.05, 0) is 37.9 Å². The molecule has 0 aliphatic carbocycles. The Bertz CT molecular complexity index is 270. The average molecular weight is 226 g/mol. The van der Waals surface area contributed by atoms with Crippen LogP contribution in [-0.4, -0.2) is 12.6 Å². The predicted molar refractivity (Wildman–Crippen MR) is 68.3 cm³/mol. The average Bonchev–Trinajstić information content (AvgIpc) is 2.72. The summed E-state index contributed by atoms with van der Waals surface area (Å²) in [5.41, 5.74) is 5.84. The van der Waals surface area contributed by atoms with Crippen molar-refractivity contribution in [3.8, 4) is 0 Å². The van der Waals surface area contributed by atoms with E-state index in [9.17, 15) is 0 Å². The quantitative estimate of drug-likeness (QED) is 0.701. The Labute approximate surface area is 96.9 Å². The molecule has 0 aromatic carbocycles. The topological polar surface area (TPSA) is 38.0 Å². The highest BCUT2D eigenvalue weighted by atomic mass is 32.1. The molecule has 1 rings (SSSR count). The molecule has 2 nitrogen and oxygen atoms in total. The second kappa shape index (κ2) is 6.99. The molecule has 0 amide bonds. The third-order valence-corrected chi connectivity index (χ3v) is 3.81. The van der Waals surface area contributed by atoms with Gasteiger partial charge in [-0.3, -0.25) is 0 Å². The van der Waals surface area contributed by atoms with Crippen molar-refractivity contribution in [1.82, 2.24) is 5.32 Å². The molecular weight excluding hydrogens is 204 g/mol. The van der Waals surface area contributed by atoms with Crippen LogP contribution < -0.4 is 11.1 Å². The maximum atomic E-state index is 5.84. The molecule has 0 spiro atoms. The van der Waals surface area contributed by atoms with Gasteiger partial charge in [-0.15, -0.1) is 11.3 Å². The van der Waals surface area contributed by atoms with E-state index in [1.54, 1.807) is 0 Å². The molecule has 0 fully saturated rings. The lowest BCUT2D eigenvalue weighted by atomic mass is 10.2. The Hall–Kier alpha value is -0.380. The monoisotopic (exact) mass is 226 g/mol. The lowest BCUT2D eigenvalue weighted by Gasteiger charge is -2.08. The molecule has 0 aliphatic rings. The Balaban J connectivity index is 2.14. The molecule has 0 aliphatic heterocycles. The molecule has 0 bridgehead atoms. The van der Waals surface area contributed by atoms with Gasteiger partial charge in [-0.1, -0.05) is 13.8 Å². The lowest BCUT2D eigenvalue weighted by molar-refractivity contribution is 0.551. The standard InChI is InChI=1S/C12H22N2S/c1-3-10(13)7-8-14-9-12-6-5-11(4-2)15-12/h5-6,10,14H,3-4,7-9,13H2,1-2H3. The lowest BCUT2D eigenvalue weighted by Crippen LogP contribution is -2.25. The van der Waals surface area contributed by atoms with Crippen LogP contribution >= 0.6 is 11.3 Å². The number of hydrogen-bond donors (Lipinski definition) is 2. The van der Waals surface area contributed by atoms with Gasteiger partial charge in [0.05, 0.1) is 0 Å². The van der Waals surface area contributed by atoms with Gasteiger partial charge in [0.25, 0.3) is 0 Å². The molecule has 3 N–H and O–H groups in total. The van der Waals surface area contributed by atoms with E-state index in [1.165, 1.54) is 9.75 Å². The fourth-order valence-electron chi connectivity index (χ4n) is 1.41. The second-order valence-electron chi connectivity index (χ2n) is 3.86. The maximum Gasteiger partial charge on any atom is 0.0299 e. The van der Waals surface area contributed by atoms with Crippen LogP contribution in [0.3, 0.4) is 0 Å². The Morgan fingerprint density at radius 3 is 2.67 bits per heavy atom. The normalized spacial score (nSPS) is 13.0. The van der Waals surface area contributed by atoms with E-state index in [2.05, 4.69) is 31.3 Å². The number of nitrogens with two attached hydrogens (primary N) is 1. The van der Waals surface area contributed by atoms with E-state index < -0.39 is 0 Å². The summed E-state index contributed by atoms with van der Waals surface area (Å²) in [6.07, 6.45) is 3.29. The van der Waals surface area contributed by atoms with Gasteiger partial charge >= 0.3 is 0 Å². The molecule has 1 unspecified atom stereocenters. The summed E-state index contributed by atoms with van der Waals surface area (Å²) in [5, 5.41) is 3.43. The van der Waals surface area contributed by atoms with Crippen molar-refractivity contribution in [2.75, 3.05) is 6.54 Å². The summed E-state index contributed by atoms with van der Waals surface area (Å²) in [6.45, 7) is 6.34. The van der Waals surface area contributed by atoms with Crippen molar-refractivity contribution >= 4 is 11.3 Å². The zero-order valence-electron chi connectivity index (χ0n) is 9.75. The van der Waals surface area contributed by atoms with Crippen molar-refractivity contribution in [3.63, 3.8) is 0 Å².